The molecule has 2 aromatic carbocycles. The molecule has 0 radical (unpaired) electrons. The molecule has 2 saturated heterocycles. The van der Waals surface area contributed by atoms with E-state index in [9.17, 15) is 19.8 Å². The summed E-state index contributed by atoms with van der Waals surface area (Å²) in [7, 11) is 0. The number of carbonyl (C=O) groups is 2. The largest absolute Gasteiger partial charge is 0.394 e. The smallest absolute Gasteiger partial charge is 0.261 e. The van der Waals surface area contributed by atoms with Crippen molar-refractivity contribution in [3.8, 4) is 0 Å². The Balaban J connectivity index is 1.49. The molecule has 5 rings (SSSR count). The first-order valence-corrected chi connectivity index (χ1v) is 13.6. The number of fused-ring (bicyclic) bond motifs is 1. The van der Waals surface area contributed by atoms with Crippen molar-refractivity contribution in [3.05, 3.63) is 80.1 Å². The number of hydrogen-bond donors (Lipinski definition) is 2. The second-order valence-corrected chi connectivity index (χ2v) is 11.4. The van der Waals surface area contributed by atoms with Crippen LogP contribution in [0.25, 0.3) is 10.4 Å². The highest BCUT2D eigenvalue weighted by Gasteiger charge is 2.54. The first kappa shape index (κ1) is 27.7. The molecule has 3 aliphatic rings. The fourth-order valence-corrected chi connectivity index (χ4v) is 6.27. The molecule has 0 aromatic heterocycles. The lowest BCUT2D eigenvalue weighted by atomic mass is 9.74. The Morgan fingerprint density at radius 2 is 1.69 bits per heavy atom. The van der Waals surface area contributed by atoms with E-state index in [0.717, 1.165) is 10.0 Å². The molecule has 0 aliphatic carbocycles. The van der Waals surface area contributed by atoms with Crippen LogP contribution in [0.15, 0.2) is 58.1 Å². The van der Waals surface area contributed by atoms with Crippen LogP contribution in [0.1, 0.15) is 46.0 Å². The molecule has 3 aliphatic heterocycles. The van der Waals surface area contributed by atoms with Gasteiger partial charge in [-0.3, -0.25) is 19.4 Å². The van der Waals surface area contributed by atoms with Crippen LogP contribution in [0, 0.1) is 0 Å². The molecule has 11 nitrogen and oxygen atoms in total. The van der Waals surface area contributed by atoms with Gasteiger partial charge in [0.2, 0.25) is 0 Å². The summed E-state index contributed by atoms with van der Waals surface area (Å²) in [6, 6.07) is 14.0. The van der Waals surface area contributed by atoms with Crippen molar-refractivity contribution in [2.45, 2.75) is 55.9 Å². The number of carbonyl (C=O) groups excluding carboxylic acids is 2. The van der Waals surface area contributed by atoms with Crippen LogP contribution in [-0.4, -0.2) is 94.3 Å². The monoisotopic (exact) mass is 599 g/mol. The Hall–Kier alpha value is -2.83. The second-order valence-electron chi connectivity index (χ2n) is 10.5. The van der Waals surface area contributed by atoms with Gasteiger partial charge in [-0.15, -0.1) is 0 Å². The van der Waals surface area contributed by atoms with Crippen LogP contribution in [-0.2, 0) is 9.47 Å². The maximum atomic E-state index is 13.2. The molecule has 2 aromatic rings. The number of amides is 2. The Morgan fingerprint density at radius 1 is 1.05 bits per heavy atom. The van der Waals surface area contributed by atoms with Crippen LogP contribution >= 0.6 is 15.9 Å². The number of aliphatic hydroxyl groups is 2. The second kappa shape index (κ2) is 11.0. The Labute approximate surface area is 234 Å². The van der Waals surface area contributed by atoms with Gasteiger partial charge in [0.25, 0.3) is 11.8 Å². The number of nitrogens with zero attached hydrogens (tertiary/aromatic N) is 5. The van der Waals surface area contributed by atoms with Gasteiger partial charge in [0.15, 0.2) is 5.79 Å². The molecule has 1 unspecified atom stereocenters. The fourth-order valence-electron chi connectivity index (χ4n) is 6.00. The zero-order chi connectivity index (χ0) is 27.9. The van der Waals surface area contributed by atoms with Gasteiger partial charge in [-0.05, 0) is 49.2 Å². The van der Waals surface area contributed by atoms with Crippen molar-refractivity contribution in [1.29, 1.82) is 0 Å². The van der Waals surface area contributed by atoms with E-state index in [4.69, 9.17) is 15.0 Å². The van der Waals surface area contributed by atoms with Crippen molar-refractivity contribution in [3.63, 3.8) is 0 Å². The first-order chi connectivity index (χ1) is 18.6. The van der Waals surface area contributed by atoms with Gasteiger partial charge in [-0.25, -0.2) is 0 Å². The number of likely N-dealkylation sites (tertiary alicyclic amines) is 1. The van der Waals surface area contributed by atoms with E-state index in [-0.39, 0.29) is 49.5 Å². The van der Waals surface area contributed by atoms with Gasteiger partial charge in [0.1, 0.15) is 18.3 Å². The van der Waals surface area contributed by atoms with E-state index >= 15 is 0 Å². The summed E-state index contributed by atoms with van der Waals surface area (Å²) in [5.74, 6) is -1.85. The minimum absolute atomic E-state index is 0.115. The third-order valence-corrected chi connectivity index (χ3v) is 8.22. The number of rotatable bonds is 9. The summed E-state index contributed by atoms with van der Waals surface area (Å²) in [6.07, 6.45) is -2.58. The molecule has 12 heteroatoms. The van der Waals surface area contributed by atoms with Crippen LogP contribution in [0.3, 0.4) is 0 Å². The normalized spacial score (nSPS) is 28.6. The van der Waals surface area contributed by atoms with Gasteiger partial charge in [0.05, 0.1) is 17.7 Å². The molecule has 0 saturated carbocycles. The highest BCUT2D eigenvalue weighted by atomic mass is 79.9. The maximum Gasteiger partial charge on any atom is 0.261 e. The topological polar surface area (TPSA) is 148 Å². The molecule has 206 valence electrons. The first-order valence-electron chi connectivity index (χ1n) is 12.8. The van der Waals surface area contributed by atoms with E-state index in [1.807, 2.05) is 24.3 Å². The van der Waals surface area contributed by atoms with Crippen LogP contribution < -0.4 is 0 Å². The lowest BCUT2D eigenvalue weighted by molar-refractivity contribution is -0.160. The lowest BCUT2D eigenvalue weighted by Gasteiger charge is -2.57. The predicted octanol–water partition coefficient (Wildman–Crippen LogP) is 3.07. The van der Waals surface area contributed by atoms with Gasteiger partial charge in [0, 0.05) is 47.0 Å². The van der Waals surface area contributed by atoms with E-state index in [1.165, 1.54) is 4.90 Å². The average Bonchev–Trinajstić information content (AvgIpc) is 3.36. The summed E-state index contributed by atoms with van der Waals surface area (Å²) in [5.41, 5.74) is 10.8. The van der Waals surface area contributed by atoms with Crippen LogP contribution in [0.5, 0.6) is 0 Å². The highest BCUT2D eigenvalue weighted by Crippen LogP contribution is 2.44. The van der Waals surface area contributed by atoms with Crippen molar-refractivity contribution < 1.29 is 29.3 Å². The Bertz CT molecular complexity index is 1260. The molecule has 39 heavy (non-hydrogen) atoms. The molecule has 0 spiro atoms. The molecule has 2 fully saturated rings. The summed E-state index contributed by atoms with van der Waals surface area (Å²) < 4.78 is 12.9. The van der Waals surface area contributed by atoms with Crippen molar-refractivity contribution in [1.82, 2.24) is 9.80 Å². The van der Waals surface area contributed by atoms with Crippen molar-refractivity contribution in [2.24, 2.45) is 5.11 Å². The molecule has 2 N–H and O–H groups in total. The molecular formula is C27H30BrN5O6. The molecule has 3 heterocycles. The summed E-state index contributed by atoms with van der Waals surface area (Å²) >= 11 is 3.47. The fraction of sp³-hybridized carbons (Fsp3) is 0.481. The minimum atomic E-state index is -1.16. The number of hydrogen-bond acceptors (Lipinski definition) is 8. The SMILES string of the molecule is CC1(C)O[C@@H](CN2[C@H](CN3C(=O)c4ccccc4C3=O)[C@H](c3ccc(Br)cc3)[C@@H]2CN=[N+]=[N-])[C@@H](C(O)CO)O1. The zero-order valence-electron chi connectivity index (χ0n) is 21.6. The minimum Gasteiger partial charge on any atom is -0.394 e. The quantitative estimate of drug-likeness (QED) is 0.195. The average molecular weight is 600 g/mol. The standard InChI is InChI=1S/C27H30BrN5O6/c1-27(2)38-22(24(39-27)21(35)14-34)13-32-19(11-30-31-29)23(15-7-9-16(28)10-8-15)20(32)12-33-25(36)17-5-3-4-6-18(17)26(33)37/h3-10,19-24,34-35H,11-14H2,1-2H3/t19-,20+,21?,22-,23+,24+/m0/s1. The third kappa shape index (κ3) is 5.21. The maximum absolute atomic E-state index is 13.2. The highest BCUT2D eigenvalue weighted by molar-refractivity contribution is 9.10. The van der Waals surface area contributed by atoms with Gasteiger partial charge < -0.3 is 19.7 Å². The third-order valence-electron chi connectivity index (χ3n) is 7.69. The van der Waals surface area contributed by atoms with Crippen LogP contribution in [0.2, 0.25) is 0 Å². The number of aliphatic hydroxyl groups excluding tert-OH is 2. The van der Waals surface area contributed by atoms with Crippen molar-refractivity contribution in [2.75, 3.05) is 26.2 Å². The van der Waals surface area contributed by atoms with E-state index in [0.29, 0.717) is 11.1 Å². The van der Waals surface area contributed by atoms with Gasteiger partial charge >= 0.3 is 0 Å². The number of halogens is 1. The summed E-state index contributed by atoms with van der Waals surface area (Å²) in [5, 5.41) is 23.9. The number of benzene rings is 2. The summed E-state index contributed by atoms with van der Waals surface area (Å²) in [6.45, 7) is 3.50. The Morgan fingerprint density at radius 3 is 2.28 bits per heavy atom. The van der Waals surface area contributed by atoms with E-state index in [2.05, 4.69) is 30.9 Å². The number of ether oxygens (including phenoxy) is 2. The molecule has 0 bridgehead atoms. The number of azide groups is 1. The molecule has 2 amide bonds. The van der Waals surface area contributed by atoms with Gasteiger partial charge in [-0.1, -0.05) is 45.3 Å². The molecule has 6 atom stereocenters. The van der Waals surface area contributed by atoms with Gasteiger partial charge in [-0.2, -0.15) is 0 Å². The summed E-state index contributed by atoms with van der Waals surface area (Å²) in [4.78, 5) is 32.8. The van der Waals surface area contributed by atoms with E-state index < -0.39 is 30.7 Å². The van der Waals surface area contributed by atoms with Crippen molar-refractivity contribution >= 4 is 27.7 Å². The number of imide groups is 1. The molecular weight excluding hydrogens is 570 g/mol. The predicted molar refractivity (Wildman–Crippen MR) is 144 cm³/mol. The van der Waals surface area contributed by atoms with Crippen LogP contribution in [0.4, 0.5) is 0 Å². The van der Waals surface area contributed by atoms with E-state index in [1.54, 1.807) is 38.1 Å². The Kier molecular flexibility index (Phi) is 7.80. The lowest BCUT2D eigenvalue weighted by Crippen LogP contribution is -2.68. The zero-order valence-corrected chi connectivity index (χ0v) is 23.1.